The summed E-state index contributed by atoms with van der Waals surface area (Å²) in [7, 11) is 0. The first-order chi connectivity index (χ1) is 8.20. The van der Waals surface area contributed by atoms with Crippen LogP contribution in [0.4, 0.5) is 5.82 Å². The molecule has 0 radical (unpaired) electrons. The van der Waals surface area contributed by atoms with Gasteiger partial charge in [-0.3, -0.25) is 4.79 Å². The molecule has 0 aliphatic rings. The van der Waals surface area contributed by atoms with Crippen molar-refractivity contribution in [3.8, 4) is 0 Å². The van der Waals surface area contributed by atoms with E-state index in [1.807, 2.05) is 13.0 Å². The molecule has 2 rings (SSSR count). The van der Waals surface area contributed by atoms with Crippen LogP contribution in [0.1, 0.15) is 13.8 Å². The van der Waals surface area contributed by atoms with E-state index >= 15 is 0 Å². The van der Waals surface area contributed by atoms with Gasteiger partial charge in [0.15, 0.2) is 5.65 Å². The Morgan fingerprint density at radius 1 is 1.53 bits per heavy atom. The van der Waals surface area contributed by atoms with Gasteiger partial charge in [-0.25, -0.2) is 9.50 Å². The number of likely N-dealkylation sites (N-methyl/N-ethyl adjacent to an activating group) is 1. The Bertz CT molecular complexity index is 521. The first kappa shape index (κ1) is 11.4. The number of amides is 1. The van der Waals surface area contributed by atoms with Crippen molar-refractivity contribution in [2.75, 3.05) is 11.9 Å². The van der Waals surface area contributed by atoms with E-state index in [2.05, 4.69) is 20.7 Å². The molecule has 0 aliphatic carbocycles. The molecule has 90 valence electrons. The van der Waals surface area contributed by atoms with E-state index in [1.165, 1.54) is 0 Å². The minimum Gasteiger partial charge on any atom is -0.359 e. The van der Waals surface area contributed by atoms with E-state index in [0.717, 1.165) is 5.65 Å². The molecule has 17 heavy (non-hydrogen) atoms. The van der Waals surface area contributed by atoms with Crippen LogP contribution in [0.2, 0.25) is 0 Å². The van der Waals surface area contributed by atoms with Crippen LogP contribution in [0.3, 0.4) is 0 Å². The molecule has 1 unspecified atom stereocenters. The molecule has 0 bridgehead atoms. The van der Waals surface area contributed by atoms with Crippen molar-refractivity contribution in [1.82, 2.24) is 19.9 Å². The van der Waals surface area contributed by atoms with E-state index in [0.29, 0.717) is 12.4 Å². The van der Waals surface area contributed by atoms with Crippen LogP contribution in [0.25, 0.3) is 5.65 Å². The Kier molecular flexibility index (Phi) is 3.22. The maximum Gasteiger partial charge on any atom is 0.242 e. The van der Waals surface area contributed by atoms with Gasteiger partial charge in [0, 0.05) is 18.8 Å². The van der Waals surface area contributed by atoms with Crippen molar-refractivity contribution in [3.05, 3.63) is 24.5 Å². The van der Waals surface area contributed by atoms with Crippen LogP contribution in [-0.4, -0.2) is 33.1 Å². The number of fused-ring (bicyclic) bond motifs is 1. The molecule has 2 aromatic heterocycles. The molecule has 6 heteroatoms. The summed E-state index contributed by atoms with van der Waals surface area (Å²) < 4.78 is 1.67. The van der Waals surface area contributed by atoms with Gasteiger partial charge in [-0.05, 0) is 19.9 Å². The Labute approximate surface area is 99.0 Å². The monoisotopic (exact) mass is 233 g/mol. The number of anilines is 1. The molecule has 0 saturated carbocycles. The topological polar surface area (TPSA) is 71.3 Å². The molecule has 0 saturated heterocycles. The first-order valence-corrected chi connectivity index (χ1v) is 5.55. The standard InChI is InChI=1S/C11H15N5O/c1-3-12-11(17)8(2)14-9-5-7-16-10(15-9)4-6-13-16/h4-8H,3H2,1-2H3,(H,12,17)(H,14,15). The molecular weight excluding hydrogens is 218 g/mol. The van der Waals surface area contributed by atoms with Crippen molar-refractivity contribution in [1.29, 1.82) is 0 Å². The zero-order valence-corrected chi connectivity index (χ0v) is 9.84. The van der Waals surface area contributed by atoms with Gasteiger partial charge in [0.05, 0.1) is 6.20 Å². The lowest BCUT2D eigenvalue weighted by molar-refractivity contribution is -0.121. The quantitative estimate of drug-likeness (QED) is 0.814. The fourth-order valence-corrected chi connectivity index (χ4v) is 1.51. The summed E-state index contributed by atoms with van der Waals surface area (Å²) in [6.07, 6.45) is 3.48. The molecule has 2 aromatic rings. The lowest BCUT2D eigenvalue weighted by Crippen LogP contribution is -2.37. The zero-order valence-electron chi connectivity index (χ0n) is 9.84. The third kappa shape index (κ3) is 2.52. The smallest absolute Gasteiger partial charge is 0.242 e. The Hall–Kier alpha value is -2.11. The van der Waals surface area contributed by atoms with Crippen LogP contribution < -0.4 is 10.6 Å². The predicted octanol–water partition coefficient (Wildman–Crippen LogP) is 0.666. The van der Waals surface area contributed by atoms with E-state index in [9.17, 15) is 4.79 Å². The maximum atomic E-state index is 11.5. The molecule has 0 aromatic carbocycles. The lowest BCUT2D eigenvalue weighted by atomic mass is 10.3. The average molecular weight is 233 g/mol. The van der Waals surface area contributed by atoms with Gasteiger partial charge in [-0.15, -0.1) is 0 Å². The highest BCUT2D eigenvalue weighted by Gasteiger charge is 2.11. The van der Waals surface area contributed by atoms with Crippen LogP contribution in [0, 0.1) is 0 Å². The fraction of sp³-hybridized carbons (Fsp3) is 0.364. The summed E-state index contributed by atoms with van der Waals surface area (Å²) >= 11 is 0. The summed E-state index contributed by atoms with van der Waals surface area (Å²) in [6.45, 7) is 4.31. The summed E-state index contributed by atoms with van der Waals surface area (Å²) in [5.41, 5.74) is 0.748. The number of nitrogens with zero attached hydrogens (tertiary/aromatic N) is 3. The summed E-state index contributed by atoms with van der Waals surface area (Å²) in [5.74, 6) is 0.624. The number of rotatable bonds is 4. The third-order valence-electron chi connectivity index (χ3n) is 2.37. The van der Waals surface area contributed by atoms with Crippen molar-refractivity contribution in [2.45, 2.75) is 19.9 Å². The van der Waals surface area contributed by atoms with E-state index < -0.39 is 0 Å². The van der Waals surface area contributed by atoms with Crippen LogP contribution in [0.5, 0.6) is 0 Å². The maximum absolute atomic E-state index is 11.5. The second kappa shape index (κ2) is 4.82. The molecule has 1 atom stereocenters. The summed E-state index contributed by atoms with van der Waals surface area (Å²) in [5, 5.41) is 9.85. The van der Waals surface area contributed by atoms with Gasteiger partial charge in [-0.2, -0.15) is 5.10 Å². The largest absolute Gasteiger partial charge is 0.359 e. The minimum absolute atomic E-state index is 0.0392. The molecule has 1 amide bonds. The van der Waals surface area contributed by atoms with Gasteiger partial charge >= 0.3 is 0 Å². The Morgan fingerprint density at radius 3 is 3.12 bits per heavy atom. The number of hydrogen-bond acceptors (Lipinski definition) is 4. The lowest BCUT2D eigenvalue weighted by Gasteiger charge is -2.13. The molecule has 2 heterocycles. The fourth-order valence-electron chi connectivity index (χ4n) is 1.51. The molecule has 0 aliphatic heterocycles. The van der Waals surface area contributed by atoms with Gasteiger partial charge in [0.25, 0.3) is 0 Å². The van der Waals surface area contributed by atoms with Crippen molar-refractivity contribution < 1.29 is 4.79 Å². The van der Waals surface area contributed by atoms with Crippen LogP contribution in [0.15, 0.2) is 24.5 Å². The second-order valence-corrected chi connectivity index (χ2v) is 3.71. The van der Waals surface area contributed by atoms with Crippen molar-refractivity contribution in [2.24, 2.45) is 0 Å². The van der Waals surface area contributed by atoms with Crippen molar-refractivity contribution >= 4 is 17.4 Å². The number of aromatic nitrogens is 3. The molecule has 0 spiro atoms. The van der Waals surface area contributed by atoms with Gasteiger partial charge in [0.1, 0.15) is 11.9 Å². The van der Waals surface area contributed by atoms with E-state index in [-0.39, 0.29) is 11.9 Å². The zero-order chi connectivity index (χ0) is 12.3. The number of carbonyl (C=O) groups is 1. The summed E-state index contributed by atoms with van der Waals surface area (Å²) in [4.78, 5) is 15.9. The molecule has 6 nitrogen and oxygen atoms in total. The highest BCUT2D eigenvalue weighted by Crippen LogP contribution is 2.07. The normalized spacial score (nSPS) is 12.4. The Balaban J connectivity index is 2.09. The highest BCUT2D eigenvalue weighted by atomic mass is 16.2. The van der Waals surface area contributed by atoms with E-state index in [4.69, 9.17) is 0 Å². The minimum atomic E-state index is -0.312. The highest BCUT2D eigenvalue weighted by molar-refractivity contribution is 5.83. The molecule has 2 N–H and O–H groups in total. The first-order valence-electron chi connectivity index (χ1n) is 5.55. The van der Waals surface area contributed by atoms with Gasteiger partial charge in [0.2, 0.25) is 5.91 Å². The van der Waals surface area contributed by atoms with Crippen LogP contribution >= 0.6 is 0 Å². The van der Waals surface area contributed by atoms with Crippen LogP contribution in [-0.2, 0) is 4.79 Å². The summed E-state index contributed by atoms with van der Waals surface area (Å²) in [6, 6.07) is 3.28. The van der Waals surface area contributed by atoms with Gasteiger partial charge in [-0.1, -0.05) is 0 Å². The Morgan fingerprint density at radius 2 is 2.35 bits per heavy atom. The number of carbonyl (C=O) groups excluding carboxylic acids is 1. The molecule has 0 fully saturated rings. The predicted molar refractivity (Wildman–Crippen MR) is 64.8 cm³/mol. The van der Waals surface area contributed by atoms with Gasteiger partial charge < -0.3 is 10.6 Å². The van der Waals surface area contributed by atoms with E-state index in [1.54, 1.807) is 29.9 Å². The molecular formula is C11H15N5O. The number of hydrogen-bond donors (Lipinski definition) is 2. The SMILES string of the molecule is CCNC(=O)C(C)Nc1ccn2nccc2n1. The third-order valence-corrected chi connectivity index (χ3v) is 2.37. The average Bonchev–Trinajstić information content (AvgIpc) is 2.76. The van der Waals surface area contributed by atoms with Crippen molar-refractivity contribution in [3.63, 3.8) is 0 Å². The number of nitrogens with one attached hydrogen (secondary N) is 2. The second-order valence-electron chi connectivity index (χ2n) is 3.71.